The van der Waals surface area contributed by atoms with Crippen molar-refractivity contribution in [2.75, 3.05) is 0 Å². The SMILES string of the molecule is O=C1CC[C@H]2CCCC[C@@H]2[C@@H]1Cl. The summed E-state index contributed by atoms with van der Waals surface area (Å²) in [5.74, 6) is 1.57. The minimum atomic E-state index is -0.149. The zero-order valence-electron chi connectivity index (χ0n) is 7.26. The molecule has 0 amide bonds. The minimum absolute atomic E-state index is 0.149. The molecule has 2 aliphatic rings. The van der Waals surface area contributed by atoms with Gasteiger partial charge in [0, 0.05) is 6.42 Å². The molecule has 0 radical (unpaired) electrons. The Labute approximate surface area is 78.5 Å². The van der Waals surface area contributed by atoms with Gasteiger partial charge < -0.3 is 0 Å². The predicted octanol–water partition coefficient (Wildman–Crippen LogP) is 2.76. The molecule has 0 N–H and O–H groups in total. The molecule has 2 saturated carbocycles. The first-order valence-electron chi connectivity index (χ1n) is 4.96. The van der Waals surface area contributed by atoms with Crippen LogP contribution in [0.25, 0.3) is 0 Å². The van der Waals surface area contributed by atoms with Gasteiger partial charge in [-0.25, -0.2) is 0 Å². The van der Waals surface area contributed by atoms with E-state index in [2.05, 4.69) is 0 Å². The van der Waals surface area contributed by atoms with E-state index in [9.17, 15) is 4.79 Å². The molecule has 0 unspecified atom stereocenters. The van der Waals surface area contributed by atoms with Gasteiger partial charge in [0.2, 0.25) is 0 Å². The molecule has 12 heavy (non-hydrogen) atoms. The Morgan fingerprint density at radius 1 is 1.17 bits per heavy atom. The van der Waals surface area contributed by atoms with Crippen molar-refractivity contribution in [1.29, 1.82) is 0 Å². The summed E-state index contributed by atoms with van der Waals surface area (Å²) in [5, 5.41) is -0.149. The first-order valence-corrected chi connectivity index (χ1v) is 5.39. The Bertz CT molecular complexity index is 190. The number of rotatable bonds is 0. The van der Waals surface area contributed by atoms with Gasteiger partial charge in [0.1, 0.15) is 0 Å². The summed E-state index contributed by atoms with van der Waals surface area (Å²) in [6.07, 6.45) is 6.95. The summed E-state index contributed by atoms with van der Waals surface area (Å²) in [4.78, 5) is 11.3. The zero-order valence-corrected chi connectivity index (χ0v) is 8.02. The first kappa shape index (κ1) is 8.55. The van der Waals surface area contributed by atoms with Gasteiger partial charge in [0.05, 0.1) is 5.38 Å². The quantitative estimate of drug-likeness (QED) is 0.532. The number of carbonyl (C=O) groups excluding carboxylic acids is 1. The Morgan fingerprint density at radius 3 is 2.75 bits per heavy atom. The third-order valence-electron chi connectivity index (χ3n) is 3.41. The molecule has 0 aromatic carbocycles. The third kappa shape index (κ3) is 1.39. The molecule has 0 heterocycles. The molecule has 3 atom stereocenters. The number of ketones is 1. The van der Waals surface area contributed by atoms with Crippen LogP contribution in [0.2, 0.25) is 0 Å². The van der Waals surface area contributed by atoms with Crippen molar-refractivity contribution >= 4 is 17.4 Å². The monoisotopic (exact) mass is 186 g/mol. The molecule has 2 heteroatoms. The van der Waals surface area contributed by atoms with E-state index in [-0.39, 0.29) is 5.38 Å². The smallest absolute Gasteiger partial charge is 0.150 e. The molecule has 0 aromatic rings. The second kappa shape index (κ2) is 3.37. The highest BCUT2D eigenvalue weighted by molar-refractivity contribution is 6.31. The van der Waals surface area contributed by atoms with Crippen LogP contribution in [0.4, 0.5) is 0 Å². The van der Waals surface area contributed by atoms with Crippen molar-refractivity contribution in [3.05, 3.63) is 0 Å². The number of hydrogen-bond acceptors (Lipinski definition) is 1. The Kier molecular flexibility index (Phi) is 2.40. The Balaban J connectivity index is 2.08. The predicted molar refractivity (Wildman–Crippen MR) is 49.3 cm³/mol. The normalized spacial score (nSPS) is 42.4. The maximum Gasteiger partial charge on any atom is 0.150 e. The van der Waals surface area contributed by atoms with E-state index in [1.54, 1.807) is 0 Å². The summed E-state index contributed by atoms with van der Waals surface area (Å²) in [7, 11) is 0. The first-order chi connectivity index (χ1) is 5.79. The van der Waals surface area contributed by atoms with E-state index in [1.807, 2.05) is 0 Å². The van der Waals surface area contributed by atoms with Crippen LogP contribution in [0.1, 0.15) is 38.5 Å². The van der Waals surface area contributed by atoms with Crippen molar-refractivity contribution < 1.29 is 4.79 Å². The highest BCUT2D eigenvalue weighted by atomic mass is 35.5. The van der Waals surface area contributed by atoms with E-state index in [1.165, 1.54) is 25.7 Å². The molecule has 0 saturated heterocycles. The maximum absolute atomic E-state index is 11.3. The molecule has 1 nitrogen and oxygen atoms in total. The number of carbonyl (C=O) groups is 1. The summed E-state index contributed by atoms with van der Waals surface area (Å²) in [6.45, 7) is 0. The van der Waals surface area contributed by atoms with Gasteiger partial charge in [0.15, 0.2) is 5.78 Å². The van der Waals surface area contributed by atoms with Crippen LogP contribution >= 0.6 is 11.6 Å². The molecule has 0 aliphatic heterocycles. The van der Waals surface area contributed by atoms with Crippen LogP contribution in [-0.4, -0.2) is 11.2 Å². The molecule has 2 rings (SSSR count). The minimum Gasteiger partial charge on any atom is -0.298 e. The highest BCUT2D eigenvalue weighted by Crippen LogP contribution is 2.41. The average Bonchev–Trinajstić information content (AvgIpc) is 2.12. The van der Waals surface area contributed by atoms with Crippen molar-refractivity contribution in [3.63, 3.8) is 0 Å². The van der Waals surface area contributed by atoms with Gasteiger partial charge in [-0.1, -0.05) is 19.3 Å². The van der Waals surface area contributed by atoms with E-state index in [4.69, 9.17) is 11.6 Å². The molecule has 0 spiro atoms. The van der Waals surface area contributed by atoms with Crippen LogP contribution in [-0.2, 0) is 4.79 Å². The van der Waals surface area contributed by atoms with E-state index in [0.29, 0.717) is 11.7 Å². The molecule has 0 aromatic heterocycles. The standard InChI is InChI=1S/C10H15ClO/c11-10-8-4-2-1-3-7(8)5-6-9(10)12/h7-8,10H,1-6H2/t7-,8+,10+/m1/s1. The number of hydrogen-bond donors (Lipinski definition) is 0. The van der Waals surface area contributed by atoms with Crippen LogP contribution in [0.3, 0.4) is 0 Å². The van der Waals surface area contributed by atoms with E-state index < -0.39 is 0 Å². The van der Waals surface area contributed by atoms with Crippen molar-refractivity contribution in [3.8, 4) is 0 Å². The highest BCUT2D eigenvalue weighted by Gasteiger charge is 2.38. The summed E-state index contributed by atoms with van der Waals surface area (Å²) in [5.41, 5.74) is 0. The van der Waals surface area contributed by atoms with Gasteiger partial charge in [-0.3, -0.25) is 4.79 Å². The lowest BCUT2D eigenvalue weighted by atomic mass is 9.70. The zero-order chi connectivity index (χ0) is 8.55. The Hall–Kier alpha value is -0.0400. The number of fused-ring (bicyclic) bond motifs is 1. The summed E-state index contributed by atoms with van der Waals surface area (Å²) < 4.78 is 0. The molecule has 68 valence electrons. The fourth-order valence-electron chi connectivity index (χ4n) is 2.68. The van der Waals surface area contributed by atoms with Gasteiger partial charge in [-0.2, -0.15) is 0 Å². The molecule has 0 bridgehead atoms. The van der Waals surface area contributed by atoms with Gasteiger partial charge in [-0.05, 0) is 24.7 Å². The Morgan fingerprint density at radius 2 is 1.92 bits per heavy atom. The lowest BCUT2D eigenvalue weighted by molar-refractivity contribution is -0.122. The largest absolute Gasteiger partial charge is 0.298 e. The topological polar surface area (TPSA) is 17.1 Å². The number of Topliss-reactive ketones (excluding diaryl/α,β-unsaturated/α-hetero) is 1. The second-order valence-corrected chi connectivity index (χ2v) is 4.59. The molecular weight excluding hydrogens is 172 g/mol. The fourth-order valence-corrected chi connectivity index (χ4v) is 3.13. The second-order valence-electron chi connectivity index (χ2n) is 4.12. The van der Waals surface area contributed by atoms with E-state index >= 15 is 0 Å². The van der Waals surface area contributed by atoms with Gasteiger partial charge in [-0.15, -0.1) is 11.6 Å². The van der Waals surface area contributed by atoms with Crippen molar-refractivity contribution in [2.45, 2.75) is 43.9 Å². The van der Waals surface area contributed by atoms with Crippen molar-refractivity contribution in [2.24, 2.45) is 11.8 Å². The summed E-state index contributed by atoms with van der Waals surface area (Å²) in [6, 6.07) is 0. The molecule has 2 fully saturated rings. The van der Waals surface area contributed by atoms with E-state index in [0.717, 1.165) is 18.8 Å². The molecular formula is C10H15ClO. The van der Waals surface area contributed by atoms with Crippen LogP contribution in [0.15, 0.2) is 0 Å². The number of alkyl halides is 1. The maximum atomic E-state index is 11.3. The lowest BCUT2D eigenvalue weighted by Gasteiger charge is -2.37. The average molecular weight is 187 g/mol. The molecule has 2 aliphatic carbocycles. The fraction of sp³-hybridized carbons (Fsp3) is 0.900. The van der Waals surface area contributed by atoms with Crippen LogP contribution in [0.5, 0.6) is 0 Å². The van der Waals surface area contributed by atoms with Crippen molar-refractivity contribution in [1.82, 2.24) is 0 Å². The van der Waals surface area contributed by atoms with Crippen LogP contribution < -0.4 is 0 Å². The van der Waals surface area contributed by atoms with Crippen LogP contribution in [0, 0.1) is 11.8 Å². The lowest BCUT2D eigenvalue weighted by Crippen LogP contribution is -2.37. The summed E-state index contributed by atoms with van der Waals surface area (Å²) >= 11 is 6.09. The number of halogens is 1. The van der Waals surface area contributed by atoms with Gasteiger partial charge >= 0.3 is 0 Å². The third-order valence-corrected chi connectivity index (χ3v) is 3.98. The van der Waals surface area contributed by atoms with Gasteiger partial charge in [0.25, 0.3) is 0 Å².